The number of hydrogen-bond donors (Lipinski definition) is 2. The first-order valence-corrected chi connectivity index (χ1v) is 4.37. The zero-order chi connectivity index (χ0) is 10.4. The first kappa shape index (κ1) is 15.3. The quantitative estimate of drug-likeness (QED) is 0.340. The van der Waals surface area contributed by atoms with Gasteiger partial charge in [0.25, 0.3) is 0 Å². The number of ether oxygens (including phenoxy) is 1. The number of aliphatic hydroxyl groups excluding tert-OH is 2. The van der Waals surface area contributed by atoms with Crippen molar-refractivity contribution < 1.29 is 24.7 Å². The molecule has 0 radical (unpaired) electrons. The van der Waals surface area contributed by atoms with Gasteiger partial charge in [-0.2, -0.15) is 0 Å². The van der Waals surface area contributed by atoms with Crippen molar-refractivity contribution in [3.8, 4) is 0 Å². The van der Waals surface area contributed by atoms with E-state index in [1.54, 1.807) is 0 Å². The first-order valence-electron chi connectivity index (χ1n) is 4.37. The zero-order valence-electron chi connectivity index (χ0n) is 8.36. The van der Waals surface area contributed by atoms with E-state index in [0.717, 1.165) is 13.2 Å². The van der Waals surface area contributed by atoms with Crippen LogP contribution in [0.4, 0.5) is 0 Å². The molecule has 0 saturated carbocycles. The molecule has 0 rings (SSSR count). The van der Waals surface area contributed by atoms with E-state index in [1.807, 2.05) is 13.8 Å². The van der Waals surface area contributed by atoms with Crippen LogP contribution in [-0.2, 0) is 14.5 Å². The standard InChI is InChI=1S/C4H10O4.C4H10O/c5-1-3-7-8-4-2-6;1-3-5-4-2/h5-6H,1-4H2;3-4H2,1-2H3. The molecule has 0 atom stereocenters. The van der Waals surface area contributed by atoms with Gasteiger partial charge in [0, 0.05) is 13.2 Å². The van der Waals surface area contributed by atoms with Crippen molar-refractivity contribution in [2.45, 2.75) is 13.8 Å². The molecule has 0 heterocycles. The number of rotatable bonds is 7. The van der Waals surface area contributed by atoms with Crippen molar-refractivity contribution in [1.29, 1.82) is 0 Å². The van der Waals surface area contributed by atoms with Gasteiger partial charge in [-0.15, -0.1) is 0 Å². The van der Waals surface area contributed by atoms with E-state index in [4.69, 9.17) is 14.9 Å². The lowest BCUT2D eigenvalue weighted by molar-refractivity contribution is -0.300. The van der Waals surface area contributed by atoms with Crippen LogP contribution in [0.3, 0.4) is 0 Å². The fourth-order valence-electron chi connectivity index (χ4n) is 0.397. The van der Waals surface area contributed by atoms with Gasteiger partial charge in [0.05, 0.1) is 13.2 Å². The smallest absolute Gasteiger partial charge is 0.105 e. The summed E-state index contributed by atoms with van der Waals surface area (Å²) in [5.41, 5.74) is 0. The fraction of sp³-hybridized carbons (Fsp3) is 1.00. The molecule has 2 N–H and O–H groups in total. The highest BCUT2D eigenvalue weighted by atomic mass is 17.2. The summed E-state index contributed by atoms with van der Waals surface area (Å²) in [5.74, 6) is 0. The topological polar surface area (TPSA) is 68.2 Å². The summed E-state index contributed by atoms with van der Waals surface area (Å²) in [7, 11) is 0. The summed E-state index contributed by atoms with van der Waals surface area (Å²) in [4.78, 5) is 8.63. The molecule has 0 aromatic rings. The summed E-state index contributed by atoms with van der Waals surface area (Å²) in [5, 5.41) is 16.2. The van der Waals surface area contributed by atoms with Crippen molar-refractivity contribution >= 4 is 0 Å². The highest BCUT2D eigenvalue weighted by Gasteiger charge is 1.83. The maximum atomic E-state index is 8.10. The third kappa shape index (κ3) is 24.5. The Morgan fingerprint density at radius 1 is 0.846 bits per heavy atom. The minimum Gasteiger partial charge on any atom is -0.394 e. The Kier molecular flexibility index (Phi) is 20.9. The molecule has 5 heteroatoms. The molecule has 0 spiro atoms. The van der Waals surface area contributed by atoms with Crippen LogP contribution in [0.2, 0.25) is 0 Å². The molecule has 0 saturated heterocycles. The second-order valence-electron chi connectivity index (χ2n) is 1.87. The van der Waals surface area contributed by atoms with E-state index in [-0.39, 0.29) is 26.4 Å². The van der Waals surface area contributed by atoms with Gasteiger partial charge in [-0.25, -0.2) is 9.78 Å². The van der Waals surface area contributed by atoms with Gasteiger partial charge >= 0.3 is 0 Å². The Bertz CT molecular complexity index is 61.6. The molecular formula is C8H20O5. The molecule has 13 heavy (non-hydrogen) atoms. The average molecular weight is 196 g/mol. The average Bonchev–Trinajstić information content (AvgIpc) is 2.15. The molecule has 5 nitrogen and oxygen atoms in total. The lowest BCUT2D eigenvalue weighted by Gasteiger charge is -1.97. The van der Waals surface area contributed by atoms with Crippen molar-refractivity contribution in [2.24, 2.45) is 0 Å². The normalized spacial score (nSPS) is 9.23. The van der Waals surface area contributed by atoms with E-state index in [1.165, 1.54) is 0 Å². The first-order chi connectivity index (χ1) is 6.33. The second-order valence-corrected chi connectivity index (χ2v) is 1.87. The van der Waals surface area contributed by atoms with Crippen LogP contribution >= 0.6 is 0 Å². The highest BCUT2D eigenvalue weighted by molar-refractivity contribution is 4.15. The van der Waals surface area contributed by atoms with E-state index in [0.29, 0.717) is 0 Å². The predicted octanol–water partition coefficient (Wildman–Crippen LogP) is -0.0380. The summed E-state index contributed by atoms with van der Waals surface area (Å²) in [6.45, 7) is 5.84. The van der Waals surface area contributed by atoms with Crippen LogP contribution < -0.4 is 0 Å². The predicted molar refractivity (Wildman–Crippen MR) is 48.2 cm³/mol. The van der Waals surface area contributed by atoms with Crippen LogP contribution in [0.1, 0.15) is 13.8 Å². The fourth-order valence-corrected chi connectivity index (χ4v) is 0.397. The molecule has 0 aliphatic rings. The molecule has 0 aliphatic carbocycles. The third-order valence-corrected chi connectivity index (χ3v) is 0.841. The van der Waals surface area contributed by atoms with Gasteiger partial charge in [0.15, 0.2) is 0 Å². The van der Waals surface area contributed by atoms with Crippen molar-refractivity contribution in [3.05, 3.63) is 0 Å². The van der Waals surface area contributed by atoms with Crippen LogP contribution in [0, 0.1) is 0 Å². The molecular weight excluding hydrogens is 176 g/mol. The van der Waals surface area contributed by atoms with Gasteiger partial charge in [-0.05, 0) is 13.8 Å². The Balaban J connectivity index is 0. The third-order valence-electron chi connectivity index (χ3n) is 0.841. The summed E-state index contributed by atoms with van der Waals surface area (Å²) < 4.78 is 4.83. The van der Waals surface area contributed by atoms with E-state index in [9.17, 15) is 0 Å². The van der Waals surface area contributed by atoms with Crippen molar-refractivity contribution in [2.75, 3.05) is 39.6 Å². The molecule has 0 aromatic heterocycles. The molecule has 82 valence electrons. The maximum absolute atomic E-state index is 8.10. The van der Waals surface area contributed by atoms with E-state index >= 15 is 0 Å². The lowest BCUT2D eigenvalue weighted by Crippen LogP contribution is -2.03. The van der Waals surface area contributed by atoms with Gasteiger partial charge in [0.2, 0.25) is 0 Å². The van der Waals surface area contributed by atoms with Crippen molar-refractivity contribution in [1.82, 2.24) is 0 Å². The van der Waals surface area contributed by atoms with Crippen molar-refractivity contribution in [3.63, 3.8) is 0 Å². The monoisotopic (exact) mass is 196 g/mol. The van der Waals surface area contributed by atoms with Gasteiger partial charge < -0.3 is 14.9 Å². The lowest BCUT2D eigenvalue weighted by atomic mass is 10.8. The number of aliphatic hydroxyl groups is 2. The largest absolute Gasteiger partial charge is 0.394 e. The maximum Gasteiger partial charge on any atom is 0.105 e. The Hall–Kier alpha value is -0.200. The van der Waals surface area contributed by atoms with Gasteiger partial charge in [0.1, 0.15) is 13.2 Å². The summed E-state index contributed by atoms with van der Waals surface area (Å²) in [6.07, 6.45) is 0. The van der Waals surface area contributed by atoms with Gasteiger partial charge in [-0.3, -0.25) is 0 Å². The molecule has 0 unspecified atom stereocenters. The Morgan fingerprint density at radius 2 is 1.23 bits per heavy atom. The van der Waals surface area contributed by atoms with Crippen LogP contribution in [0.25, 0.3) is 0 Å². The molecule has 0 bridgehead atoms. The SMILES string of the molecule is CCOCC.OCCOOCCO. The van der Waals surface area contributed by atoms with Crippen LogP contribution in [0.15, 0.2) is 0 Å². The minimum absolute atomic E-state index is 0.0641. The molecule has 0 aliphatic heterocycles. The molecule has 0 aromatic carbocycles. The molecule has 0 amide bonds. The zero-order valence-corrected chi connectivity index (χ0v) is 8.36. The minimum atomic E-state index is -0.0641. The number of hydrogen-bond acceptors (Lipinski definition) is 5. The summed E-state index contributed by atoms with van der Waals surface area (Å²) in [6, 6.07) is 0. The van der Waals surface area contributed by atoms with Gasteiger partial charge in [-0.1, -0.05) is 0 Å². The second kappa shape index (κ2) is 17.8. The van der Waals surface area contributed by atoms with E-state index < -0.39 is 0 Å². The highest BCUT2D eigenvalue weighted by Crippen LogP contribution is 1.74. The summed E-state index contributed by atoms with van der Waals surface area (Å²) >= 11 is 0. The van der Waals surface area contributed by atoms with Crippen LogP contribution in [-0.4, -0.2) is 49.9 Å². The Morgan fingerprint density at radius 3 is 1.38 bits per heavy atom. The van der Waals surface area contributed by atoms with Crippen LogP contribution in [0.5, 0.6) is 0 Å². The molecule has 0 fully saturated rings. The van der Waals surface area contributed by atoms with E-state index in [2.05, 4.69) is 9.78 Å². The Labute approximate surface area is 79.2 Å².